The molecule has 0 aliphatic rings. The summed E-state index contributed by atoms with van der Waals surface area (Å²) in [4.78, 5) is 84.8. The molecule has 12 nitrogen and oxygen atoms in total. The quantitative estimate of drug-likeness (QED) is 0.0691. The second kappa shape index (κ2) is 15.4. The molecule has 12 heteroatoms. The zero-order valence-electron chi connectivity index (χ0n) is 24.6. The Balaban J connectivity index is 1.51. The number of hydrogen-bond donors (Lipinski definition) is 0. The van der Waals surface area contributed by atoms with E-state index in [1.54, 1.807) is 24.3 Å². The van der Waals surface area contributed by atoms with Crippen molar-refractivity contribution in [3.8, 4) is 11.5 Å². The number of carbonyl (C=O) groups excluding carboxylic acids is 6. The highest BCUT2D eigenvalue weighted by molar-refractivity contribution is 6.17. The van der Waals surface area contributed by atoms with Crippen LogP contribution in [-0.4, -0.2) is 49.0 Å². The molecule has 0 bridgehead atoms. The number of hydrogen-bond acceptors (Lipinski definition) is 12. The van der Waals surface area contributed by atoms with Crippen molar-refractivity contribution in [1.29, 1.82) is 0 Å². The van der Waals surface area contributed by atoms with Crippen LogP contribution in [0.4, 0.5) is 0 Å². The first kappa shape index (κ1) is 32.6. The van der Waals surface area contributed by atoms with Gasteiger partial charge in [-0.05, 0) is 36.4 Å². The van der Waals surface area contributed by atoms with Gasteiger partial charge in [0.15, 0.2) is 11.6 Å². The fourth-order valence-corrected chi connectivity index (χ4v) is 4.09. The van der Waals surface area contributed by atoms with Crippen LogP contribution in [-0.2, 0) is 28.8 Å². The lowest BCUT2D eigenvalue weighted by Gasteiger charge is -2.13. The third-order valence-corrected chi connectivity index (χ3v) is 6.19. The Hall–Kier alpha value is -6.30. The molecule has 0 fully saturated rings. The molecule has 0 aliphatic carbocycles. The van der Waals surface area contributed by atoms with Gasteiger partial charge in [-0.3, -0.25) is 19.2 Å². The monoisotopic (exact) mass is 626 g/mol. The van der Waals surface area contributed by atoms with E-state index >= 15 is 0 Å². The molecule has 4 aromatic carbocycles. The first-order valence-corrected chi connectivity index (χ1v) is 13.6. The molecular weight excluding hydrogens is 600 g/mol. The summed E-state index contributed by atoms with van der Waals surface area (Å²) in [5.41, 5.74) is -0.495. The van der Waals surface area contributed by atoms with Crippen LogP contribution in [0.1, 0.15) is 66.4 Å². The second-order valence-corrected chi connectivity index (χ2v) is 9.28. The lowest BCUT2D eigenvalue weighted by Crippen LogP contribution is -2.18. The van der Waals surface area contributed by atoms with E-state index in [9.17, 15) is 28.8 Å². The number of benzene rings is 4. The summed E-state index contributed by atoms with van der Waals surface area (Å²) in [5, 5.41) is 0. The van der Waals surface area contributed by atoms with Crippen LogP contribution in [0, 0.1) is 0 Å². The number of para-hydroxylation sites is 2. The number of esters is 2. The van der Waals surface area contributed by atoms with E-state index in [-0.39, 0.29) is 44.9 Å². The maximum Gasteiger partial charge on any atom is 0.387 e. The van der Waals surface area contributed by atoms with Crippen LogP contribution in [0.25, 0.3) is 0 Å². The van der Waals surface area contributed by atoms with Crippen LogP contribution in [0.15, 0.2) is 97.1 Å². The largest absolute Gasteiger partial charge is 0.457 e. The topological polar surface area (TPSA) is 158 Å². The highest BCUT2D eigenvalue weighted by Crippen LogP contribution is 2.26. The third kappa shape index (κ3) is 8.20. The van der Waals surface area contributed by atoms with Crippen molar-refractivity contribution >= 4 is 35.4 Å². The minimum Gasteiger partial charge on any atom is -0.457 e. The number of rotatable bonds is 12. The third-order valence-electron chi connectivity index (χ3n) is 6.19. The van der Waals surface area contributed by atoms with Gasteiger partial charge in [-0.25, -0.2) is 19.4 Å². The van der Waals surface area contributed by atoms with Crippen molar-refractivity contribution in [2.75, 3.05) is 13.6 Å². The highest BCUT2D eigenvalue weighted by Gasteiger charge is 2.26. The van der Waals surface area contributed by atoms with Crippen molar-refractivity contribution < 1.29 is 57.5 Å². The normalized spacial score (nSPS) is 10.2. The summed E-state index contributed by atoms with van der Waals surface area (Å²) in [5.74, 6) is -4.52. The fraction of sp³-hybridized carbons (Fsp3) is 0.118. The number of carbonyl (C=O) groups is 6. The van der Waals surface area contributed by atoms with Gasteiger partial charge in [0, 0.05) is 25.0 Å². The van der Waals surface area contributed by atoms with Gasteiger partial charge in [0.1, 0.15) is 11.5 Å². The van der Waals surface area contributed by atoms with Gasteiger partial charge in [-0.15, -0.1) is 0 Å². The highest BCUT2D eigenvalue weighted by atomic mass is 17.2. The zero-order valence-corrected chi connectivity index (χ0v) is 24.6. The molecule has 4 aromatic rings. The summed E-state index contributed by atoms with van der Waals surface area (Å²) < 4.78 is 20.4. The van der Waals surface area contributed by atoms with Crippen LogP contribution in [0.3, 0.4) is 0 Å². The van der Waals surface area contributed by atoms with Crippen molar-refractivity contribution in [2.45, 2.75) is 13.8 Å². The molecule has 0 amide bonds. The summed E-state index contributed by atoms with van der Waals surface area (Å²) in [6.07, 6.45) is 0. The first-order chi connectivity index (χ1) is 22.2. The van der Waals surface area contributed by atoms with Gasteiger partial charge in [0.2, 0.25) is 13.6 Å². The molecule has 0 aliphatic heterocycles. The molecule has 0 saturated heterocycles. The summed E-state index contributed by atoms with van der Waals surface area (Å²) in [6, 6.07) is 23.6. The van der Waals surface area contributed by atoms with Gasteiger partial charge in [-0.1, -0.05) is 60.7 Å². The molecule has 234 valence electrons. The maximum atomic E-state index is 13.5. The van der Waals surface area contributed by atoms with Gasteiger partial charge in [0.05, 0.1) is 22.3 Å². The molecule has 0 heterocycles. The smallest absolute Gasteiger partial charge is 0.387 e. The predicted octanol–water partition coefficient (Wildman–Crippen LogP) is 4.88. The average molecular weight is 627 g/mol. The van der Waals surface area contributed by atoms with E-state index in [0.29, 0.717) is 0 Å². The molecule has 46 heavy (non-hydrogen) atoms. The van der Waals surface area contributed by atoms with E-state index in [1.165, 1.54) is 86.6 Å². The van der Waals surface area contributed by atoms with Gasteiger partial charge >= 0.3 is 23.9 Å². The van der Waals surface area contributed by atoms with Gasteiger partial charge in [-0.2, -0.15) is 0 Å². The summed E-state index contributed by atoms with van der Waals surface area (Å²) >= 11 is 0. The van der Waals surface area contributed by atoms with Crippen LogP contribution in [0.2, 0.25) is 0 Å². The Bertz CT molecular complexity index is 1660. The Kier molecular flexibility index (Phi) is 10.9. The maximum absolute atomic E-state index is 13.5. The van der Waals surface area contributed by atoms with E-state index in [0.717, 1.165) is 0 Å². The van der Waals surface area contributed by atoms with Gasteiger partial charge in [0.25, 0.3) is 0 Å². The minimum absolute atomic E-state index is 0.0662. The molecule has 0 radical (unpaired) electrons. The molecule has 0 spiro atoms. The minimum atomic E-state index is -1.16. The van der Waals surface area contributed by atoms with E-state index in [4.69, 9.17) is 28.7 Å². The predicted molar refractivity (Wildman–Crippen MR) is 158 cm³/mol. The lowest BCUT2D eigenvalue weighted by molar-refractivity contribution is -0.187. The Labute approximate surface area is 262 Å². The van der Waals surface area contributed by atoms with E-state index in [1.807, 2.05) is 0 Å². The molecule has 0 N–H and O–H groups in total. The van der Waals surface area contributed by atoms with E-state index < -0.39 is 49.0 Å². The average Bonchev–Trinajstić information content (AvgIpc) is 3.06. The van der Waals surface area contributed by atoms with E-state index in [2.05, 4.69) is 0 Å². The zero-order chi connectivity index (χ0) is 33.1. The molecule has 4 rings (SSSR count). The van der Waals surface area contributed by atoms with Crippen molar-refractivity contribution in [3.05, 3.63) is 130 Å². The van der Waals surface area contributed by atoms with Crippen LogP contribution < -0.4 is 9.47 Å². The molecule has 0 aromatic heterocycles. The van der Waals surface area contributed by atoms with Gasteiger partial charge < -0.3 is 18.9 Å². The number of ether oxygens (including phenoxy) is 4. The van der Waals surface area contributed by atoms with Crippen molar-refractivity contribution in [1.82, 2.24) is 0 Å². The Morgan fingerprint density at radius 2 is 0.739 bits per heavy atom. The molecule has 0 unspecified atom stereocenters. The summed E-state index contributed by atoms with van der Waals surface area (Å²) in [7, 11) is 0. The SMILES string of the molecule is CC(=O)OCOc1ccccc1C(=O)c1ccccc1C(=O)OOC(=O)c1ccccc1C(=O)c1ccccc1OCOC(C)=O. The first-order valence-electron chi connectivity index (χ1n) is 13.6. The Morgan fingerprint density at radius 1 is 0.435 bits per heavy atom. The number of ketones is 2. The van der Waals surface area contributed by atoms with Crippen LogP contribution >= 0.6 is 0 Å². The Morgan fingerprint density at radius 3 is 1.09 bits per heavy atom. The standard InChI is InChI=1S/C34H26O12/c1-21(35)41-19-43-29-17-9-7-15-27(29)31(37)23-11-3-5-13-25(23)33(39)45-46-34(40)26-14-6-4-12-24(26)32(38)28-16-8-10-18-30(28)44-20-42-22(2)36/h3-18H,19-20H2,1-2H3. The molecular formula is C34H26O12. The second-order valence-electron chi connectivity index (χ2n) is 9.28. The fourth-order valence-electron chi connectivity index (χ4n) is 4.09. The van der Waals surface area contributed by atoms with Crippen molar-refractivity contribution in [3.63, 3.8) is 0 Å². The van der Waals surface area contributed by atoms with Crippen LogP contribution in [0.5, 0.6) is 11.5 Å². The molecule has 0 saturated carbocycles. The summed E-state index contributed by atoms with van der Waals surface area (Å²) in [6.45, 7) is 1.54. The van der Waals surface area contributed by atoms with Crippen molar-refractivity contribution in [2.24, 2.45) is 0 Å². The lowest BCUT2D eigenvalue weighted by atomic mass is 9.97. The molecule has 0 atom stereocenters.